The van der Waals surface area contributed by atoms with Crippen LogP contribution in [0.25, 0.3) is 11.0 Å². The summed E-state index contributed by atoms with van der Waals surface area (Å²) >= 11 is 3.21. The van der Waals surface area contributed by atoms with Gasteiger partial charge in [0, 0.05) is 18.3 Å². The van der Waals surface area contributed by atoms with E-state index in [-0.39, 0.29) is 17.3 Å². The van der Waals surface area contributed by atoms with Crippen LogP contribution in [-0.2, 0) is 17.9 Å². The van der Waals surface area contributed by atoms with Crippen molar-refractivity contribution in [2.24, 2.45) is 0 Å². The molecule has 0 bridgehead atoms. The first-order valence-corrected chi connectivity index (χ1v) is 9.18. The van der Waals surface area contributed by atoms with Gasteiger partial charge in [0.15, 0.2) is 5.65 Å². The Labute approximate surface area is 157 Å². The molecule has 3 aromatic rings. The molecule has 0 unspecified atom stereocenters. The van der Waals surface area contributed by atoms with Gasteiger partial charge >= 0.3 is 0 Å². The van der Waals surface area contributed by atoms with Gasteiger partial charge in [0.1, 0.15) is 17.5 Å². The molecule has 0 radical (unpaired) electrons. The average molecular weight is 422 g/mol. The number of benzene rings is 1. The summed E-state index contributed by atoms with van der Waals surface area (Å²) in [6.07, 6.45) is 3.34. The van der Waals surface area contributed by atoms with Gasteiger partial charge in [0.05, 0.1) is 19.3 Å². The molecule has 0 spiro atoms. The summed E-state index contributed by atoms with van der Waals surface area (Å²) in [5, 5.41) is 7.98. The van der Waals surface area contributed by atoms with Crippen LogP contribution in [0.1, 0.15) is 12.0 Å². The topological polar surface area (TPSA) is 81.8 Å². The van der Waals surface area contributed by atoms with Gasteiger partial charge in [-0.1, -0.05) is 28.1 Å². The van der Waals surface area contributed by atoms with Crippen molar-refractivity contribution in [1.29, 1.82) is 0 Å². The predicted molar refractivity (Wildman–Crippen MR) is 98.7 cm³/mol. The number of hydrogen-bond acceptors (Lipinski definition) is 4. The van der Waals surface area contributed by atoms with Crippen molar-refractivity contribution in [2.45, 2.75) is 19.5 Å². The minimum Gasteiger partial charge on any atom is -0.354 e. The summed E-state index contributed by atoms with van der Waals surface area (Å²) in [6, 6.07) is 5.97. The highest BCUT2D eigenvalue weighted by Gasteiger charge is 2.10. The molecule has 0 aliphatic heterocycles. The first-order valence-electron chi connectivity index (χ1n) is 8.06. The van der Waals surface area contributed by atoms with Crippen LogP contribution in [0.2, 0.25) is 0 Å². The summed E-state index contributed by atoms with van der Waals surface area (Å²) in [5.41, 5.74) is 1.06. The van der Waals surface area contributed by atoms with Crippen LogP contribution in [0.4, 0.5) is 4.39 Å². The van der Waals surface area contributed by atoms with Crippen LogP contribution in [0.3, 0.4) is 0 Å². The SMILES string of the molecule is O=C(CCBr)NCCn1ncc2c(=O)n(Cc3ccc(F)cc3)cnc21. The lowest BCUT2D eigenvalue weighted by atomic mass is 10.2. The standard InChI is InChI=1S/C17H17BrFN5O2/c18-6-5-15(25)20-7-8-24-16-14(9-22-24)17(26)23(11-21-16)10-12-1-3-13(19)4-2-12/h1-4,9,11H,5-8,10H2,(H,20,25). The van der Waals surface area contributed by atoms with Gasteiger partial charge in [-0.3, -0.25) is 14.2 Å². The van der Waals surface area contributed by atoms with Gasteiger partial charge in [0.2, 0.25) is 5.91 Å². The number of carbonyl (C=O) groups excluding carboxylic acids is 1. The molecule has 0 saturated heterocycles. The van der Waals surface area contributed by atoms with Crippen LogP contribution < -0.4 is 10.9 Å². The fraction of sp³-hybridized carbons (Fsp3) is 0.294. The molecule has 9 heteroatoms. The number of halogens is 2. The first-order chi connectivity index (χ1) is 12.6. The number of alkyl halides is 1. The fourth-order valence-corrected chi connectivity index (χ4v) is 2.90. The molecule has 7 nitrogen and oxygen atoms in total. The van der Waals surface area contributed by atoms with Crippen molar-refractivity contribution in [3.8, 4) is 0 Å². The first kappa shape index (κ1) is 18.2. The molecule has 1 N–H and O–H groups in total. The number of fused-ring (bicyclic) bond motifs is 1. The molecule has 136 valence electrons. The molecular formula is C17H17BrFN5O2. The molecule has 2 aromatic heterocycles. The second-order valence-corrected chi connectivity index (χ2v) is 6.49. The highest BCUT2D eigenvalue weighted by molar-refractivity contribution is 9.09. The lowest BCUT2D eigenvalue weighted by Crippen LogP contribution is -2.27. The van der Waals surface area contributed by atoms with E-state index in [1.807, 2.05) is 0 Å². The van der Waals surface area contributed by atoms with Crippen molar-refractivity contribution in [1.82, 2.24) is 24.6 Å². The summed E-state index contributed by atoms with van der Waals surface area (Å²) in [6.45, 7) is 1.13. The Morgan fingerprint density at radius 2 is 2.04 bits per heavy atom. The van der Waals surface area contributed by atoms with E-state index in [0.29, 0.717) is 42.4 Å². The van der Waals surface area contributed by atoms with E-state index >= 15 is 0 Å². The van der Waals surface area contributed by atoms with Gasteiger partial charge < -0.3 is 5.32 Å². The van der Waals surface area contributed by atoms with Crippen molar-refractivity contribution >= 4 is 32.9 Å². The number of carbonyl (C=O) groups is 1. The zero-order valence-electron chi connectivity index (χ0n) is 13.9. The minimum atomic E-state index is -0.320. The van der Waals surface area contributed by atoms with Gasteiger partial charge in [-0.2, -0.15) is 5.10 Å². The molecule has 3 rings (SSSR count). The summed E-state index contributed by atoms with van der Waals surface area (Å²) in [4.78, 5) is 28.4. The molecule has 0 fully saturated rings. The molecule has 1 amide bonds. The van der Waals surface area contributed by atoms with Crippen LogP contribution in [0.15, 0.2) is 41.6 Å². The maximum Gasteiger partial charge on any atom is 0.264 e. The molecule has 0 aliphatic rings. The molecule has 26 heavy (non-hydrogen) atoms. The highest BCUT2D eigenvalue weighted by atomic mass is 79.9. The molecule has 2 heterocycles. The van der Waals surface area contributed by atoms with Gasteiger partial charge in [-0.15, -0.1) is 0 Å². The van der Waals surface area contributed by atoms with Gasteiger partial charge in [0.25, 0.3) is 5.56 Å². The molecule has 0 atom stereocenters. The normalized spacial score (nSPS) is 11.0. The zero-order chi connectivity index (χ0) is 18.5. The number of nitrogens with zero attached hydrogens (tertiary/aromatic N) is 4. The maximum atomic E-state index is 13.0. The van der Waals surface area contributed by atoms with Crippen molar-refractivity contribution in [3.63, 3.8) is 0 Å². The maximum absolute atomic E-state index is 13.0. The van der Waals surface area contributed by atoms with Gasteiger partial charge in [-0.05, 0) is 17.7 Å². The Balaban J connectivity index is 1.75. The zero-order valence-corrected chi connectivity index (χ0v) is 15.4. The van der Waals surface area contributed by atoms with E-state index in [2.05, 4.69) is 31.3 Å². The molecule has 1 aromatic carbocycles. The van der Waals surface area contributed by atoms with Crippen LogP contribution >= 0.6 is 15.9 Å². The van der Waals surface area contributed by atoms with E-state index < -0.39 is 0 Å². The van der Waals surface area contributed by atoms with Crippen LogP contribution in [0.5, 0.6) is 0 Å². The van der Waals surface area contributed by atoms with Gasteiger partial charge in [-0.25, -0.2) is 14.1 Å². The number of rotatable bonds is 7. The van der Waals surface area contributed by atoms with E-state index in [9.17, 15) is 14.0 Å². The number of aromatic nitrogens is 4. The smallest absolute Gasteiger partial charge is 0.264 e. The lowest BCUT2D eigenvalue weighted by molar-refractivity contribution is -0.120. The second kappa shape index (κ2) is 8.22. The molecule has 0 saturated carbocycles. The van der Waals surface area contributed by atoms with E-state index in [0.717, 1.165) is 5.56 Å². The average Bonchev–Trinajstić information content (AvgIpc) is 3.03. The Hall–Kier alpha value is -2.55. The van der Waals surface area contributed by atoms with Crippen molar-refractivity contribution in [3.05, 3.63) is 58.5 Å². The lowest BCUT2D eigenvalue weighted by Gasteiger charge is -2.07. The van der Waals surface area contributed by atoms with Crippen LogP contribution in [0, 0.1) is 5.82 Å². The van der Waals surface area contributed by atoms with Crippen molar-refractivity contribution in [2.75, 3.05) is 11.9 Å². The fourth-order valence-electron chi connectivity index (χ4n) is 2.54. The third-order valence-electron chi connectivity index (χ3n) is 3.86. The Morgan fingerprint density at radius 1 is 1.27 bits per heavy atom. The second-order valence-electron chi connectivity index (χ2n) is 5.70. The van der Waals surface area contributed by atoms with E-state index in [1.54, 1.807) is 16.8 Å². The van der Waals surface area contributed by atoms with Crippen LogP contribution in [-0.4, -0.2) is 37.1 Å². The van der Waals surface area contributed by atoms with E-state index in [1.165, 1.54) is 29.2 Å². The van der Waals surface area contributed by atoms with E-state index in [4.69, 9.17) is 0 Å². The molecular weight excluding hydrogens is 405 g/mol. The number of amides is 1. The quantitative estimate of drug-likeness (QED) is 0.588. The highest BCUT2D eigenvalue weighted by Crippen LogP contribution is 2.08. The minimum absolute atomic E-state index is 0.0482. The monoisotopic (exact) mass is 421 g/mol. The summed E-state index contributed by atoms with van der Waals surface area (Å²) in [7, 11) is 0. The summed E-state index contributed by atoms with van der Waals surface area (Å²) in [5.74, 6) is -0.368. The van der Waals surface area contributed by atoms with Crippen molar-refractivity contribution < 1.29 is 9.18 Å². The number of hydrogen-bond donors (Lipinski definition) is 1. The molecule has 0 aliphatic carbocycles. The summed E-state index contributed by atoms with van der Waals surface area (Å²) < 4.78 is 16.0. The predicted octanol–water partition coefficient (Wildman–Crippen LogP) is 1.68. The Morgan fingerprint density at radius 3 is 2.77 bits per heavy atom. The third kappa shape index (κ3) is 4.16. The Kier molecular flexibility index (Phi) is 5.77. The third-order valence-corrected chi connectivity index (χ3v) is 4.25. The Bertz CT molecular complexity index is 967. The largest absolute Gasteiger partial charge is 0.354 e. The number of nitrogens with one attached hydrogen (secondary N) is 1.